The Morgan fingerprint density at radius 2 is 1.51 bits per heavy atom. The highest BCUT2D eigenvalue weighted by molar-refractivity contribution is 7.91. The van der Waals surface area contributed by atoms with Crippen LogP contribution in [-0.2, 0) is 51.8 Å². The minimum atomic E-state index is -3.34. The summed E-state index contributed by atoms with van der Waals surface area (Å²) in [7, 11) is -3.99. The van der Waals surface area contributed by atoms with E-state index in [0.717, 1.165) is 16.7 Å². The first-order valence-corrected chi connectivity index (χ1v) is 20.7. The molecule has 0 N–H and O–H groups in total. The van der Waals surface area contributed by atoms with Crippen LogP contribution < -0.4 is 0 Å². The van der Waals surface area contributed by atoms with Crippen molar-refractivity contribution in [1.82, 2.24) is 0 Å². The highest BCUT2D eigenvalue weighted by Gasteiger charge is 2.39. The summed E-state index contributed by atoms with van der Waals surface area (Å²) in [6.07, 6.45) is 2.22. The molecule has 9 heteroatoms. The highest BCUT2D eigenvalue weighted by atomic mass is 32.2. The highest BCUT2D eigenvalue weighted by Crippen LogP contribution is 2.37. The van der Waals surface area contributed by atoms with E-state index in [1.165, 1.54) is 7.11 Å². The summed E-state index contributed by atoms with van der Waals surface area (Å²) < 4.78 is 43.1. The zero-order valence-electron chi connectivity index (χ0n) is 29.2. The van der Waals surface area contributed by atoms with E-state index in [2.05, 4.69) is 33.9 Å². The summed E-state index contributed by atoms with van der Waals surface area (Å²) in [4.78, 5) is 25.8. The normalized spacial score (nSPS) is 14.8. The molecule has 2 aromatic rings. The number of rotatable bonds is 17. The molecule has 0 aliphatic heterocycles. The number of carbonyl (C=O) groups is 2. The Hall–Kier alpha value is -2.49. The minimum Gasteiger partial charge on any atom is -0.469 e. The molecule has 0 aliphatic carbocycles. The molecule has 0 radical (unpaired) electrons. The zero-order chi connectivity index (χ0) is 34.1. The topological polar surface area (TPSA) is 96.0 Å². The number of methoxy groups -OCH3 is 1. The molecule has 45 heavy (non-hydrogen) atoms. The van der Waals surface area contributed by atoms with Gasteiger partial charge in [-0.25, -0.2) is 8.42 Å². The fourth-order valence-corrected chi connectivity index (χ4v) is 8.24. The number of hydrogen-bond donors (Lipinski definition) is 0. The third kappa shape index (κ3) is 12.0. The van der Waals surface area contributed by atoms with Gasteiger partial charge in [-0.15, -0.1) is 0 Å². The van der Waals surface area contributed by atoms with Gasteiger partial charge in [0.2, 0.25) is 0 Å². The van der Waals surface area contributed by atoms with Crippen LogP contribution in [-0.4, -0.2) is 53.9 Å². The Bertz CT molecular complexity index is 1360. The Morgan fingerprint density at radius 1 is 0.889 bits per heavy atom. The molecule has 2 aromatic carbocycles. The van der Waals surface area contributed by atoms with Gasteiger partial charge in [0, 0.05) is 6.61 Å². The van der Waals surface area contributed by atoms with Gasteiger partial charge >= 0.3 is 11.9 Å². The summed E-state index contributed by atoms with van der Waals surface area (Å²) in [5.41, 5.74) is 1.19. The number of esters is 2. The lowest BCUT2D eigenvalue weighted by Crippen LogP contribution is -2.42. The number of benzene rings is 2. The molecule has 0 heterocycles. The Balaban J connectivity index is 2.18. The summed E-state index contributed by atoms with van der Waals surface area (Å²) >= 11 is 0. The molecular weight excluding hydrogens is 605 g/mol. The molecule has 0 unspecified atom stereocenters. The number of hydrogen-bond acceptors (Lipinski definition) is 7. The van der Waals surface area contributed by atoms with Gasteiger partial charge in [-0.2, -0.15) is 0 Å². The SMILES string of the molecule is COC(=O)[C@@H](C)Cc1cccc([C@@](C)(CCCC(C)(C)CS(=O)(=O)CCO[Si](C)(C)C(C)(C)C)C(=O)OCc2ccccc2)c1. The van der Waals surface area contributed by atoms with Crippen LogP contribution in [0, 0.1) is 11.3 Å². The molecule has 2 rings (SSSR count). The van der Waals surface area contributed by atoms with Gasteiger partial charge in [-0.05, 0) is 66.4 Å². The molecule has 0 aliphatic rings. The molecule has 2 atom stereocenters. The maximum Gasteiger partial charge on any atom is 0.316 e. The smallest absolute Gasteiger partial charge is 0.316 e. The van der Waals surface area contributed by atoms with Gasteiger partial charge in [0.1, 0.15) is 6.61 Å². The number of ether oxygens (including phenoxy) is 2. The van der Waals surface area contributed by atoms with Crippen LogP contribution >= 0.6 is 0 Å². The van der Waals surface area contributed by atoms with E-state index < -0.39 is 29.0 Å². The van der Waals surface area contributed by atoms with Crippen LogP contribution in [0.3, 0.4) is 0 Å². The average molecular weight is 661 g/mol. The van der Waals surface area contributed by atoms with Crippen LogP contribution in [0.1, 0.15) is 84.4 Å². The fraction of sp³-hybridized carbons (Fsp3) is 0.611. The minimum absolute atomic E-state index is 0.00323. The molecule has 7 nitrogen and oxygen atoms in total. The van der Waals surface area contributed by atoms with Crippen molar-refractivity contribution < 1.29 is 31.9 Å². The van der Waals surface area contributed by atoms with E-state index >= 15 is 0 Å². The molecule has 0 saturated heterocycles. The first-order valence-electron chi connectivity index (χ1n) is 15.9. The van der Waals surface area contributed by atoms with Crippen LogP contribution in [0.25, 0.3) is 0 Å². The summed E-state index contributed by atoms with van der Waals surface area (Å²) in [5, 5.41) is 0.0179. The zero-order valence-corrected chi connectivity index (χ0v) is 31.0. The van der Waals surface area contributed by atoms with Gasteiger partial charge in [-0.1, -0.05) is 103 Å². The van der Waals surface area contributed by atoms with Crippen molar-refractivity contribution in [2.45, 2.75) is 104 Å². The van der Waals surface area contributed by atoms with Crippen LogP contribution in [0.15, 0.2) is 54.6 Å². The van der Waals surface area contributed by atoms with Gasteiger partial charge in [0.05, 0.1) is 29.9 Å². The van der Waals surface area contributed by atoms with Crippen LogP contribution in [0.5, 0.6) is 0 Å². The van der Waals surface area contributed by atoms with Gasteiger partial charge < -0.3 is 13.9 Å². The van der Waals surface area contributed by atoms with Crippen molar-refractivity contribution in [3.63, 3.8) is 0 Å². The van der Waals surface area contributed by atoms with Crippen molar-refractivity contribution in [3.05, 3.63) is 71.3 Å². The molecule has 0 bridgehead atoms. The van der Waals surface area contributed by atoms with Gasteiger partial charge in [-0.3, -0.25) is 9.59 Å². The van der Waals surface area contributed by atoms with Crippen molar-refractivity contribution in [2.24, 2.45) is 11.3 Å². The lowest BCUT2D eigenvalue weighted by Gasteiger charge is -2.36. The maximum atomic E-state index is 13.8. The molecule has 0 fully saturated rings. The fourth-order valence-electron chi connectivity index (χ4n) is 5.23. The Labute approximate surface area is 273 Å². The average Bonchev–Trinajstić information content (AvgIpc) is 2.94. The van der Waals surface area contributed by atoms with Gasteiger partial charge in [0.15, 0.2) is 18.2 Å². The lowest BCUT2D eigenvalue weighted by molar-refractivity contribution is -0.152. The standard InChI is InChI=1S/C36H56O7SSi/c1-28(32(37)41-8)24-30-18-14-19-31(25-30)36(7,33(38)42-26-29-16-12-11-13-17-29)21-15-20-35(5,6)27-44(39,40)23-22-43-45(9,10)34(2,3)4/h11-14,16-19,25,28H,15,20-24,26-27H2,1-10H3/t28-,36+/m0/s1. The van der Waals surface area contributed by atoms with E-state index in [-0.39, 0.29) is 47.6 Å². The third-order valence-electron chi connectivity index (χ3n) is 9.18. The Morgan fingerprint density at radius 3 is 2.11 bits per heavy atom. The van der Waals surface area contributed by atoms with Crippen molar-refractivity contribution in [1.29, 1.82) is 0 Å². The Kier molecular flexibility index (Phi) is 13.6. The predicted molar refractivity (Wildman–Crippen MR) is 184 cm³/mol. The molecular formula is C36H56O7SSi. The van der Waals surface area contributed by atoms with Crippen molar-refractivity contribution in [3.8, 4) is 0 Å². The van der Waals surface area contributed by atoms with E-state index in [0.29, 0.717) is 25.7 Å². The lowest BCUT2D eigenvalue weighted by atomic mass is 9.75. The molecule has 0 spiro atoms. The van der Waals surface area contributed by atoms with E-state index in [4.69, 9.17) is 13.9 Å². The quantitative estimate of drug-likeness (QED) is 0.127. The first-order chi connectivity index (χ1) is 20.7. The number of sulfone groups is 1. The van der Waals surface area contributed by atoms with E-state index in [1.807, 2.05) is 82.3 Å². The summed E-state index contributed by atoms with van der Waals surface area (Å²) in [6.45, 7) is 18.7. The summed E-state index contributed by atoms with van der Waals surface area (Å²) in [5.74, 6) is -0.885. The second-order valence-electron chi connectivity index (χ2n) is 14.9. The third-order valence-corrected chi connectivity index (χ3v) is 15.7. The monoisotopic (exact) mass is 660 g/mol. The largest absolute Gasteiger partial charge is 0.469 e. The van der Waals surface area contributed by atoms with Crippen LogP contribution in [0.4, 0.5) is 0 Å². The summed E-state index contributed by atoms with van der Waals surface area (Å²) in [6, 6.07) is 17.3. The first kappa shape index (κ1) is 38.7. The second-order valence-corrected chi connectivity index (χ2v) is 21.9. The van der Waals surface area contributed by atoms with Crippen LogP contribution in [0.2, 0.25) is 18.1 Å². The van der Waals surface area contributed by atoms with Crippen molar-refractivity contribution >= 4 is 30.1 Å². The van der Waals surface area contributed by atoms with E-state index in [9.17, 15) is 18.0 Å². The molecule has 0 saturated carbocycles. The predicted octanol–water partition coefficient (Wildman–Crippen LogP) is 7.67. The molecule has 0 aromatic heterocycles. The van der Waals surface area contributed by atoms with Gasteiger partial charge in [0.25, 0.3) is 0 Å². The molecule has 252 valence electrons. The second kappa shape index (κ2) is 15.9. The molecule has 0 amide bonds. The maximum absolute atomic E-state index is 13.8. The van der Waals surface area contributed by atoms with Crippen molar-refractivity contribution in [2.75, 3.05) is 25.2 Å². The van der Waals surface area contributed by atoms with E-state index in [1.54, 1.807) is 0 Å². The number of carbonyl (C=O) groups excluding carboxylic acids is 2.